The van der Waals surface area contributed by atoms with Crippen molar-refractivity contribution in [1.82, 2.24) is 19.5 Å². The van der Waals surface area contributed by atoms with Gasteiger partial charge < -0.3 is 4.74 Å². The Morgan fingerprint density at radius 1 is 1.00 bits per heavy atom. The zero-order valence-electron chi connectivity index (χ0n) is 15.2. The highest BCUT2D eigenvalue weighted by atomic mass is 32.2. The lowest BCUT2D eigenvalue weighted by Gasteiger charge is -2.10. The lowest BCUT2D eigenvalue weighted by molar-refractivity contribution is 0.461. The Balaban J connectivity index is 1.42. The van der Waals surface area contributed by atoms with Crippen LogP contribution < -0.4 is 9.46 Å². The molecule has 0 aliphatic rings. The fourth-order valence-corrected chi connectivity index (χ4v) is 3.84. The van der Waals surface area contributed by atoms with Crippen LogP contribution in [0.15, 0.2) is 85.7 Å². The Kier molecular flexibility index (Phi) is 5.21. The van der Waals surface area contributed by atoms with Crippen molar-refractivity contribution in [2.75, 3.05) is 4.72 Å². The van der Waals surface area contributed by atoms with Crippen molar-refractivity contribution in [2.45, 2.75) is 5.75 Å². The van der Waals surface area contributed by atoms with Crippen molar-refractivity contribution >= 4 is 15.7 Å². The molecule has 4 aromatic rings. The van der Waals surface area contributed by atoms with Crippen molar-refractivity contribution < 1.29 is 13.2 Å². The summed E-state index contributed by atoms with van der Waals surface area (Å²) in [4.78, 5) is 12.2. The van der Waals surface area contributed by atoms with Crippen LogP contribution in [0.2, 0.25) is 0 Å². The number of hydrogen-bond acceptors (Lipinski definition) is 6. The van der Waals surface area contributed by atoms with Gasteiger partial charge in [0, 0.05) is 24.1 Å². The standard InChI is InChI=1S/C20H17N5O3S/c26-29(27,13-16-4-2-1-3-5-16)24-17-6-8-18(9-7-17)28-20-12-19(22-14-23-20)25-11-10-21-15-25/h1-12,14-15,24H,13H2. The molecule has 2 aromatic heterocycles. The molecule has 0 amide bonds. The molecule has 0 saturated carbocycles. The number of imidazole rings is 1. The Hall–Kier alpha value is -3.72. The van der Waals surface area contributed by atoms with Gasteiger partial charge in [-0.1, -0.05) is 30.3 Å². The quantitative estimate of drug-likeness (QED) is 0.504. The molecule has 0 spiro atoms. The second kappa shape index (κ2) is 8.11. The molecule has 0 aliphatic heterocycles. The molecular weight excluding hydrogens is 390 g/mol. The first-order valence-corrected chi connectivity index (χ1v) is 10.4. The highest BCUT2D eigenvalue weighted by Gasteiger charge is 2.12. The minimum atomic E-state index is -3.51. The van der Waals surface area contributed by atoms with Gasteiger partial charge in [-0.15, -0.1) is 0 Å². The summed E-state index contributed by atoms with van der Waals surface area (Å²) in [5, 5.41) is 0. The third-order valence-electron chi connectivity index (χ3n) is 3.95. The minimum absolute atomic E-state index is 0.0932. The molecule has 0 atom stereocenters. The summed E-state index contributed by atoms with van der Waals surface area (Å²) in [6, 6.07) is 17.3. The Bertz CT molecular complexity index is 1180. The van der Waals surface area contributed by atoms with Crippen LogP contribution >= 0.6 is 0 Å². The molecule has 2 aromatic carbocycles. The third kappa shape index (κ3) is 4.96. The molecule has 0 aliphatic carbocycles. The maximum absolute atomic E-state index is 12.3. The molecule has 0 bridgehead atoms. The molecule has 146 valence electrons. The summed E-state index contributed by atoms with van der Waals surface area (Å²) >= 11 is 0. The van der Waals surface area contributed by atoms with E-state index >= 15 is 0 Å². The van der Waals surface area contributed by atoms with E-state index < -0.39 is 10.0 Å². The van der Waals surface area contributed by atoms with Gasteiger partial charge in [-0.25, -0.2) is 23.4 Å². The maximum atomic E-state index is 12.3. The first-order chi connectivity index (χ1) is 14.1. The van der Waals surface area contributed by atoms with Gasteiger partial charge in [-0.3, -0.25) is 9.29 Å². The van der Waals surface area contributed by atoms with E-state index in [0.29, 0.717) is 23.1 Å². The van der Waals surface area contributed by atoms with E-state index in [1.54, 1.807) is 65.8 Å². The molecule has 1 N–H and O–H groups in total. The van der Waals surface area contributed by atoms with Crippen molar-refractivity contribution in [3.8, 4) is 17.4 Å². The van der Waals surface area contributed by atoms with Crippen molar-refractivity contribution in [3.05, 3.63) is 91.3 Å². The van der Waals surface area contributed by atoms with Crippen LogP contribution in [0.5, 0.6) is 11.6 Å². The average molecular weight is 407 g/mol. The summed E-state index contributed by atoms with van der Waals surface area (Å²) < 4.78 is 34.7. The number of ether oxygens (including phenoxy) is 1. The molecule has 2 heterocycles. The smallest absolute Gasteiger partial charge is 0.236 e. The number of anilines is 1. The molecule has 9 heteroatoms. The lowest BCUT2D eigenvalue weighted by atomic mass is 10.2. The number of nitrogens with one attached hydrogen (secondary N) is 1. The van der Waals surface area contributed by atoms with Crippen molar-refractivity contribution in [2.24, 2.45) is 0 Å². The van der Waals surface area contributed by atoms with E-state index in [1.165, 1.54) is 6.33 Å². The molecule has 0 unspecified atom stereocenters. The van der Waals surface area contributed by atoms with Crippen LogP contribution in [-0.2, 0) is 15.8 Å². The third-order valence-corrected chi connectivity index (χ3v) is 5.21. The monoisotopic (exact) mass is 407 g/mol. The zero-order chi connectivity index (χ0) is 20.1. The summed E-state index contributed by atoms with van der Waals surface area (Å²) in [5.41, 5.74) is 1.17. The fourth-order valence-electron chi connectivity index (χ4n) is 2.64. The predicted octanol–water partition coefficient (Wildman–Crippen LogP) is 3.40. The average Bonchev–Trinajstić information content (AvgIpc) is 3.25. The van der Waals surface area contributed by atoms with Gasteiger partial charge in [0.05, 0.1) is 5.75 Å². The van der Waals surface area contributed by atoms with E-state index in [0.717, 1.165) is 5.56 Å². The van der Waals surface area contributed by atoms with Crippen LogP contribution in [0.3, 0.4) is 0 Å². The highest BCUT2D eigenvalue weighted by Crippen LogP contribution is 2.23. The van der Waals surface area contributed by atoms with Gasteiger partial charge in [0.25, 0.3) is 0 Å². The van der Waals surface area contributed by atoms with Crippen LogP contribution in [0, 0.1) is 0 Å². The lowest BCUT2D eigenvalue weighted by Crippen LogP contribution is -2.14. The van der Waals surface area contributed by atoms with Crippen molar-refractivity contribution in [3.63, 3.8) is 0 Å². The van der Waals surface area contributed by atoms with E-state index in [9.17, 15) is 8.42 Å². The van der Waals surface area contributed by atoms with E-state index in [-0.39, 0.29) is 5.75 Å². The Labute approximate surface area is 167 Å². The maximum Gasteiger partial charge on any atom is 0.236 e. The van der Waals surface area contributed by atoms with Gasteiger partial charge in [-0.05, 0) is 29.8 Å². The first-order valence-electron chi connectivity index (χ1n) is 8.70. The molecule has 4 rings (SSSR count). The number of rotatable bonds is 7. The molecule has 29 heavy (non-hydrogen) atoms. The Morgan fingerprint density at radius 2 is 1.79 bits per heavy atom. The normalized spacial score (nSPS) is 11.2. The van der Waals surface area contributed by atoms with Gasteiger partial charge in [0.1, 0.15) is 24.2 Å². The Morgan fingerprint density at radius 3 is 2.52 bits per heavy atom. The van der Waals surface area contributed by atoms with Gasteiger partial charge >= 0.3 is 0 Å². The number of nitrogens with zero attached hydrogens (tertiary/aromatic N) is 4. The van der Waals surface area contributed by atoms with Gasteiger partial charge in [-0.2, -0.15) is 0 Å². The number of benzene rings is 2. The minimum Gasteiger partial charge on any atom is -0.439 e. The summed E-state index contributed by atoms with van der Waals surface area (Å²) in [7, 11) is -3.51. The molecular formula is C20H17N5O3S. The van der Waals surface area contributed by atoms with Crippen LogP contribution in [0.25, 0.3) is 5.82 Å². The molecule has 8 nitrogen and oxygen atoms in total. The van der Waals surface area contributed by atoms with E-state index in [1.807, 2.05) is 18.2 Å². The summed E-state index contributed by atoms with van der Waals surface area (Å²) in [5.74, 6) is 1.41. The second-order valence-corrected chi connectivity index (χ2v) is 7.88. The molecule has 0 saturated heterocycles. The zero-order valence-corrected chi connectivity index (χ0v) is 16.0. The fraction of sp³-hybridized carbons (Fsp3) is 0.0500. The van der Waals surface area contributed by atoms with Crippen LogP contribution in [0.1, 0.15) is 5.56 Å². The number of hydrogen-bond donors (Lipinski definition) is 1. The van der Waals surface area contributed by atoms with E-state index in [4.69, 9.17) is 4.74 Å². The van der Waals surface area contributed by atoms with Crippen LogP contribution in [0.4, 0.5) is 5.69 Å². The summed E-state index contributed by atoms with van der Waals surface area (Å²) in [6.45, 7) is 0. The molecule has 0 radical (unpaired) electrons. The van der Waals surface area contributed by atoms with E-state index in [2.05, 4.69) is 19.7 Å². The first kappa shape index (κ1) is 18.6. The number of aromatic nitrogens is 4. The second-order valence-electron chi connectivity index (χ2n) is 6.16. The van der Waals surface area contributed by atoms with Crippen molar-refractivity contribution in [1.29, 1.82) is 0 Å². The summed E-state index contributed by atoms with van der Waals surface area (Å²) in [6.07, 6.45) is 6.45. The number of sulfonamides is 1. The SMILES string of the molecule is O=S(=O)(Cc1ccccc1)Nc1ccc(Oc2cc(-n3ccnc3)ncn2)cc1. The topological polar surface area (TPSA) is 99.0 Å². The van der Waals surface area contributed by atoms with Gasteiger partial charge in [0.15, 0.2) is 0 Å². The highest BCUT2D eigenvalue weighted by molar-refractivity contribution is 7.91. The largest absolute Gasteiger partial charge is 0.439 e. The van der Waals surface area contributed by atoms with Crippen LogP contribution in [-0.4, -0.2) is 27.9 Å². The molecule has 0 fully saturated rings. The van der Waals surface area contributed by atoms with Gasteiger partial charge in [0.2, 0.25) is 15.9 Å². The predicted molar refractivity (Wildman–Crippen MR) is 108 cm³/mol.